The Labute approximate surface area is 222 Å². The molecule has 0 radical (unpaired) electrons. The number of thioether (sulfide) groups is 1. The van der Waals surface area contributed by atoms with E-state index >= 15 is 0 Å². The molecule has 0 aliphatic carbocycles. The number of benzene rings is 3. The Morgan fingerprint density at radius 1 is 0.895 bits per heavy atom. The minimum Gasteiger partial charge on any atom is -0.493 e. The van der Waals surface area contributed by atoms with Gasteiger partial charge in [0.05, 0.1) is 36.2 Å². The Morgan fingerprint density at radius 2 is 1.58 bits per heavy atom. The molecule has 0 N–H and O–H groups in total. The number of nitro benzene ring substituents is 1. The largest absolute Gasteiger partial charge is 0.493 e. The summed E-state index contributed by atoms with van der Waals surface area (Å²) in [7, 11) is 3.01. The standard InChI is InChI=1S/C27H24N2O8S/c1-34-21-9-5-6-10-23(21)36-14-13-28-26(30)25(38-27(28)31)16-18-11-12-22(35-2)24(15-18)37-17-19-7-3-4-8-20(19)29(32)33/h3-12,15-16H,13-14,17H2,1-2H3/b25-16-. The number of amides is 2. The molecule has 0 atom stereocenters. The first-order chi connectivity index (χ1) is 18.4. The summed E-state index contributed by atoms with van der Waals surface area (Å²) in [6, 6.07) is 18.4. The molecular weight excluding hydrogens is 512 g/mol. The molecule has 0 saturated carbocycles. The van der Waals surface area contributed by atoms with Gasteiger partial charge >= 0.3 is 0 Å². The van der Waals surface area contributed by atoms with Gasteiger partial charge in [0.25, 0.3) is 16.8 Å². The molecular formula is C27H24N2O8S. The van der Waals surface area contributed by atoms with Crippen LogP contribution in [0.15, 0.2) is 71.6 Å². The summed E-state index contributed by atoms with van der Waals surface area (Å²) in [5.41, 5.74) is 0.950. The lowest BCUT2D eigenvalue weighted by Crippen LogP contribution is -2.32. The lowest BCUT2D eigenvalue weighted by Gasteiger charge is -2.14. The molecule has 1 aliphatic rings. The van der Waals surface area contributed by atoms with Gasteiger partial charge in [0, 0.05) is 6.07 Å². The lowest BCUT2D eigenvalue weighted by atomic mass is 10.1. The SMILES string of the molecule is COc1ccccc1OCCN1C(=O)S/C(=C\c2ccc(OC)c(OCc3ccccc3[N+](=O)[O-])c2)C1=O. The summed E-state index contributed by atoms with van der Waals surface area (Å²) in [5, 5.41) is 10.9. The van der Waals surface area contributed by atoms with E-state index in [4.69, 9.17) is 18.9 Å². The van der Waals surface area contributed by atoms with Crippen molar-refractivity contribution < 1.29 is 33.5 Å². The monoisotopic (exact) mass is 536 g/mol. The molecule has 10 nitrogen and oxygen atoms in total. The molecule has 0 aromatic heterocycles. The van der Waals surface area contributed by atoms with Crippen molar-refractivity contribution in [1.82, 2.24) is 4.90 Å². The average molecular weight is 537 g/mol. The highest BCUT2D eigenvalue weighted by Gasteiger charge is 2.35. The highest BCUT2D eigenvalue weighted by atomic mass is 32.2. The normalized spacial score (nSPS) is 14.1. The number of hydrogen-bond donors (Lipinski definition) is 0. The van der Waals surface area contributed by atoms with Gasteiger partial charge in [0.2, 0.25) is 0 Å². The minimum atomic E-state index is -0.468. The van der Waals surface area contributed by atoms with Crippen LogP contribution in [0.4, 0.5) is 10.5 Å². The predicted molar refractivity (Wildman–Crippen MR) is 142 cm³/mol. The molecule has 38 heavy (non-hydrogen) atoms. The van der Waals surface area contributed by atoms with Crippen LogP contribution in [-0.4, -0.2) is 48.3 Å². The van der Waals surface area contributed by atoms with Crippen molar-refractivity contribution in [3.05, 3.63) is 92.9 Å². The fourth-order valence-corrected chi connectivity index (χ4v) is 4.56. The van der Waals surface area contributed by atoms with Crippen LogP contribution in [0.1, 0.15) is 11.1 Å². The van der Waals surface area contributed by atoms with E-state index in [1.54, 1.807) is 60.7 Å². The van der Waals surface area contributed by atoms with Gasteiger partial charge in [-0.05, 0) is 53.7 Å². The van der Waals surface area contributed by atoms with Gasteiger partial charge in [-0.1, -0.05) is 30.3 Å². The van der Waals surface area contributed by atoms with Crippen LogP contribution in [0, 0.1) is 10.1 Å². The first-order valence-electron chi connectivity index (χ1n) is 11.5. The van der Waals surface area contributed by atoms with Gasteiger partial charge in [-0.2, -0.15) is 0 Å². The number of ether oxygens (including phenoxy) is 4. The van der Waals surface area contributed by atoms with Crippen LogP contribution in [0.2, 0.25) is 0 Å². The zero-order chi connectivity index (χ0) is 27.1. The first-order valence-corrected chi connectivity index (χ1v) is 12.3. The van der Waals surface area contributed by atoms with E-state index in [1.165, 1.54) is 20.3 Å². The topological polar surface area (TPSA) is 117 Å². The number of para-hydroxylation sites is 3. The second kappa shape index (κ2) is 12.2. The van der Waals surface area contributed by atoms with Crippen LogP contribution < -0.4 is 18.9 Å². The Balaban J connectivity index is 1.45. The third kappa shape index (κ3) is 6.06. The molecule has 4 rings (SSSR count). The molecule has 196 valence electrons. The number of rotatable bonds is 11. The molecule has 1 aliphatic heterocycles. The molecule has 0 spiro atoms. The zero-order valence-corrected chi connectivity index (χ0v) is 21.4. The van der Waals surface area contributed by atoms with Crippen molar-refractivity contribution >= 4 is 34.7 Å². The fourth-order valence-electron chi connectivity index (χ4n) is 3.69. The van der Waals surface area contributed by atoms with Gasteiger partial charge < -0.3 is 18.9 Å². The fraction of sp³-hybridized carbons (Fsp3) is 0.185. The van der Waals surface area contributed by atoms with E-state index in [0.29, 0.717) is 34.1 Å². The zero-order valence-electron chi connectivity index (χ0n) is 20.6. The number of carbonyl (C=O) groups is 2. The van der Waals surface area contributed by atoms with Gasteiger partial charge in [0.15, 0.2) is 23.0 Å². The molecule has 3 aromatic rings. The van der Waals surface area contributed by atoms with E-state index in [9.17, 15) is 19.7 Å². The number of methoxy groups -OCH3 is 2. The predicted octanol–water partition coefficient (Wildman–Crippen LogP) is 5.31. The van der Waals surface area contributed by atoms with Crippen molar-refractivity contribution in [2.75, 3.05) is 27.4 Å². The molecule has 1 fully saturated rings. The van der Waals surface area contributed by atoms with Gasteiger partial charge in [-0.3, -0.25) is 24.6 Å². The third-order valence-electron chi connectivity index (χ3n) is 5.57. The summed E-state index contributed by atoms with van der Waals surface area (Å²) in [5.74, 6) is 1.40. The Bertz CT molecular complexity index is 1390. The lowest BCUT2D eigenvalue weighted by molar-refractivity contribution is -0.385. The smallest absolute Gasteiger partial charge is 0.293 e. The maximum Gasteiger partial charge on any atom is 0.293 e. The molecule has 1 heterocycles. The Morgan fingerprint density at radius 3 is 2.32 bits per heavy atom. The average Bonchev–Trinajstić information content (AvgIpc) is 3.19. The van der Waals surface area contributed by atoms with Crippen LogP contribution in [0.5, 0.6) is 23.0 Å². The highest BCUT2D eigenvalue weighted by Crippen LogP contribution is 2.35. The molecule has 2 amide bonds. The molecule has 0 unspecified atom stereocenters. The summed E-state index contributed by atoms with van der Waals surface area (Å²) in [4.78, 5) is 37.6. The number of carbonyl (C=O) groups excluding carboxylic acids is 2. The quantitative estimate of drug-likeness (QED) is 0.183. The van der Waals surface area contributed by atoms with Gasteiger partial charge in [-0.25, -0.2) is 0 Å². The molecule has 0 bridgehead atoms. The van der Waals surface area contributed by atoms with E-state index in [1.807, 2.05) is 6.07 Å². The van der Waals surface area contributed by atoms with Gasteiger partial charge in [-0.15, -0.1) is 0 Å². The second-order valence-electron chi connectivity index (χ2n) is 7.92. The van der Waals surface area contributed by atoms with Crippen LogP contribution >= 0.6 is 11.8 Å². The van der Waals surface area contributed by atoms with Crippen molar-refractivity contribution in [3.8, 4) is 23.0 Å². The maximum atomic E-state index is 12.9. The Hall–Kier alpha value is -4.51. The van der Waals surface area contributed by atoms with Crippen molar-refractivity contribution in [3.63, 3.8) is 0 Å². The number of hydrogen-bond acceptors (Lipinski definition) is 9. The minimum absolute atomic E-state index is 0.0500. The summed E-state index contributed by atoms with van der Waals surface area (Å²) in [6.45, 7) is 0.129. The summed E-state index contributed by atoms with van der Waals surface area (Å²) < 4.78 is 22.1. The molecule has 3 aromatic carbocycles. The Kier molecular flexibility index (Phi) is 8.49. The van der Waals surface area contributed by atoms with Crippen LogP contribution in [-0.2, 0) is 11.4 Å². The van der Waals surface area contributed by atoms with Crippen molar-refractivity contribution in [2.24, 2.45) is 0 Å². The summed E-state index contributed by atoms with van der Waals surface area (Å²) in [6.07, 6.45) is 1.59. The summed E-state index contributed by atoms with van der Waals surface area (Å²) >= 11 is 0.833. The molecule has 1 saturated heterocycles. The van der Waals surface area contributed by atoms with E-state index in [-0.39, 0.29) is 30.4 Å². The van der Waals surface area contributed by atoms with Crippen LogP contribution in [0.3, 0.4) is 0 Å². The van der Waals surface area contributed by atoms with Crippen molar-refractivity contribution in [1.29, 1.82) is 0 Å². The van der Waals surface area contributed by atoms with E-state index in [0.717, 1.165) is 16.7 Å². The van der Waals surface area contributed by atoms with E-state index < -0.39 is 16.1 Å². The number of nitrogens with zero attached hydrogens (tertiary/aromatic N) is 2. The number of nitro groups is 1. The van der Waals surface area contributed by atoms with Gasteiger partial charge in [0.1, 0.15) is 13.2 Å². The maximum absolute atomic E-state index is 12.9. The van der Waals surface area contributed by atoms with Crippen LogP contribution in [0.25, 0.3) is 6.08 Å². The van der Waals surface area contributed by atoms with Crippen molar-refractivity contribution in [2.45, 2.75) is 6.61 Å². The third-order valence-corrected chi connectivity index (χ3v) is 6.48. The number of imide groups is 1. The van der Waals surface area contributed by atoms with E-state index in [2.05, 4.69) is 0 Å². The highest BCUT2D eigenvalue weighted by molar-refractivity contribution is 8.18. The molecule has 11 heteroatoms. The first kappa shape index (κ1) is 26.6. The second-order valence-corrected chi connectivity index (χ2v) is 8.91.